The van der Waals surface area contributed by atoms with E-state index in [-0.39, 0.29) is 81.0 Å². The lowest BCUT2D eigenvalue weighted by molar-refractivity contribution is -0.131. The highest BCUT2D eigenvalue weighted by Gasteiger charge is 2.36. The molecule has 6 N–H and O–H groups in total. The number of rotatable bonds is 13. The molecule has 3 atom stereocenters. The third-order valence-electron chi connectivity index (χ3n) is 7.26. The van der Waals surface area contributed by atoms with Gasteiger partial charge in [0.05, 0.1) is 24.3 Å². The van der Waals surface area contributed by atoms with E-state index in [1.54, 1.807) is 25.1 Å². The number of phenols is 1. The number of Topliss-reactive ketones (excluding diaryl/α,β-unsaturated/α-hetero) is 3. The monoisotopic (exact) mass is 568 g/mol. The fraction of sp³-hybridized carbons (Fsp3) is 0.483. The first-order valence-corrected chi connectivity index (χ1v) is 13.0. The molecule has 0 amide bonds. The third-order valence-corrected chi connectivity index (χ3v) is 7.26. The number of anilines is 2. The smallest absolute Gasteiger partial charge is 0.167 e. The molecular weight excluding hydrogens is 526 g/mol. The van der Waals surface area contributed by atoms with Gasteiger partial charge in [-0.2, -0.15) is 0 Å². The van der Waals surface area contributed by atoms with Gasteiger partial charge in [-0.25, -0.2) is 8.78 Å². The summed E-state index contributed by atoms with van der Waals surface area (Å²) in [4.78, 5) is 39.2. The number of carbonyl (C=O) groups is 3. The molecular formula is C29H42F2N2O7. The first-order chi connectivity index (χ1) is 18.4. The Hall–Kier alpha value is -3.41. The topological polar surface area (TPSA) is 159 Å². The van der Waals surface area contributed by atoms with Crippen molar-refractivity contribution < 1.29 is 46.8 Å². The molecule has 3 rings (SSSR count). The number of hydrogen-bond donors (Lipinski definition) is 4. The van der Waals surface area contributed by atoms with Crippen LogP contribution < -0.4 is 10.2 Å². The van der Waals surface area contributed by atoms with Gasteiger partial charge in [0.25, 0.3) is 0 Å². The number of fused-ring (bicyclic) bond motifs is 1. The van der Waals surface area contributed by atoms with Gasteiger partial charge in [0.2, 0.25) is 0 Å². The average molecular weight is 569 g/mol. The first-order valence-electron chi connectivity index (χ1n) is 13.0. The van der Waals surface area contributed by atoms with Crippen molar-refractivity contribution in [3.8, 4) is 5.75 Å². The number of halogens is 2. The summed E-state index contributed by atoms with van der Waals surface area (Å²) in [5, 5.41) is 33.6. The second-order valence-electron chi connectivity index (χ2n) is 10.5. The predicted octanol–water partition coefficient (Wildman–Crippen LogP) is 3.31. The number of hydrogen-bond acceptors (Lipinski definition) is 8. The van der Waals surface area contributed by atoms with Crippen LogP contribution in [0.4, 0.5) is 20.2 Å². The normalized spacial score (nSPS) is 16.0. The van der Waals surface area contributed by atoms with Gasteiger partial charge < -0.3 is 31.0 Å². The minimum Gasteiger partial charge on any atom is -0.505 e. The summed E-state index contributed by atoms with van der Waals surface area (Å²) in [6.45, 7) is 0.658. The molecule has 0 radical (unpaired) electrons. The first kappa shape index (κ1) is 32.8. The SMILES string of the molecule is CC(=O)CC(=O)C(CO)C(CCO)CC1CC(=O)c2c(O)c(NCc3cc(F)cc(F)c3)cc(N(C)C)c2C1.O.[HH].[HH]. The molecule has 0 spiro atoms. The highest BCUT2D eigenvalue weighted by molar-refractivity contribution is 6.04. The van der Waals surface area contributed by atoms with E-state index in [0.29, 0.717) is 29.7 Å². The summed E-state index contributed by atoms with van der Waals surface area (Å²) in [6.07, 6.45) is 0.822. The Balaban J connectivity index is 0.00000560. The number of aliphatic hydroxyl groups is 2. The molecule has 1 aliphatic rings. The van der Waals surface area contributed by atoms with Crippen LogP contribution in [0.2, 0.25) is 0 Å². The number of benzene rings is 2. The van der Waals surface area contributed by atoms with Crippen molar-refractivity contribution in [1.29, 1.82) is 0 Å². The molecule has 40 heavy (non-hydrogen) atoms. The number of ketones is 3. The lowest BCUT2D eigenvalue weighted by Gasteiger charge is -2.33. The molecule has 1 aliphatic carbocycles. The van der Waals surface area contributed by atoms with Crippen LogP contribution in [-0.4, -0.2) is 65.5 Å². The Morgan fingerprint density at radius 2 is 1.77 bits per heavy atom. The summed E-state index contributed by atoms with van der Waals surface area (Å²) >= 11 is 0. The Bertz CT molecular complexity index is 1230. The zero-order valence-electron chi connectivity index (χ0n) is 23.0. The number of nitrogens with one attached hydrogen (secondary N) is 1. The summed E-state index contributed by atoms with van der Waals surface area (Å²) in [5.74, 6) is -4.12. The Labute approximate surface area is 235 Å². The molecule has 0 aromatic heterocycles. The maximum atomic E-state index is 13.6. The third kappa shape index (κ3) is 7.83. The molecule has 2 aromatic carbocycles. The van der Waals surface area contributed by atoms with E-state index >= 15 is 0 Å². The quantitative estimate of drug-likeness (QED) is 0.212. The van der Waals surface area contributed by atoms with E-state index in [2.05, 4.69) is 5.32 Å². The second-order valence-corrected chi connectivity index (χ2v) is 10.5. The van der Waals surface area contributed by atoms with Gasteiger partial charge in [0.15, 0.2) is 5.78 Å². The van der Waals surface area contributed by atoms with Gasteiger partial charge in [-0.1, -0.05) is 0 Å². The zero-order valence-corrected chi connectivity index (χ0v) is 23.0. The van der Waals surface area contributed by atoms with Crippen molar-refractivity contribution in [2.75, 3.05) is 37.5 Å². The van der Waals surface area contributed by atoms with Gasteiger partial charge in [-0.3, -0.25) is 14.4 Å². The molecule has 2 aromatic rings. The van der Waals surface area contributed by atoms with Crippen LogP contribution in [0, 0.1) is 29.4 Å². The number of aromatic hydroxyl groups is 1. The molecule has 3 unspecified atom stereocenters. The van der Waals surface area contributed by atoms with Crippen LogP contribution in [0.5, 0.6) is 5.75 Å². The molecule has 224 valence electrons. The van der Waals surface area contributed by atoms with Crippen LogP contribution in [0.25, 0.3) is 0 Å². The lowest BCUT2D eigenvalue weighted by atomic mass is 9.73. The van der Waals surface area contributed by atoms with E-state index in [9.17, 15) is 38.5 Å². The molecule has 0 aliphatic heterocycles. The van der Waals surface area contributed by atoms with Crippen LogP contribution in [-0.2, 0) is 22.6 Å². The number of phenolic OH excluding ortho intramolecular Hbond substituents is 1. The van der Waals surface area contributed by atoms with Crippen molar-refractivity contribution in [2.45, 2.75) is 45.6 Å². The van der Waals surface area contributed by atoms with Crippen LogP contribution >= 0.6 is 0 Å². The molecule has 0 saturated heterocycles. The van der Waals surface area contributed by atoms with Gasteiger partial charge in [-0.15, -0.1) is 0 Å². The van der Waals surface area contributed by atoms with Crippen LogP contribution in [0.15, 0.2) is 24.3 Å². The summed E-state index contributed by atoms with van der Waals surface area (Å²) in [5.41, 5.74) is 2.08. The molecule has 11 heteroatoms. The number of carbonyl (C=O) groups excluding carboxylic acids is 3. The van der Waals surface area contributed by atoms with Gasteiger partial charge >= 0.3 is 0 Å². The maximum Gasteiger partial charge on any atom is 0.167 e. The second kappa shape index (κ2) is 14.3. The minimum absolute atomic E-state index is 0. The van der Waals surface area contributed by atoms with E-state index in [1.807, 2.05) is 0 Å². The Morgan fingerprint density at radius 3 is 2.33 bits per heavy atom. The highest BCUT2D eigenvalue weighted by Crippen LogP contribution is 2.44. The van der Waals surface area contributed by atoms with Crippen LogP contribution in [0.1, 0.15) is 56.9 Å². The largest absolute Gasteiger partial charge is 0.505 e. The fourth-order valence-corrected chi connectivity index (χ4v) is 5.51. The van der Waals surface area contributed by atoms with Crippen LogP contribution in [0.3, 0.4) is 0 Å². The summed E-state index contributed by atoms with van der Waals surface area (Å²) in [7, 11) is 3.59. The number of nitrogens with zero attached hydrogens (tertiary/aromatic N) is 1. The standard InChI is InChI=1S/C29H36F2N2O6.H2O.2H2/c1-16(36)6-26(37)23(15-35)19(4-5-34)7-17-10-22-25(33(2)3)13-24(29(39)28(22)27(38)11-17)32-14-18-8-20(30)12-21(31)9-18;;;/h8-9,12-13,17,19,23,32,34-35,39H,4-7,10-11,14-15H2,1-3H3;1H2;2*1H. The lowest BCUT2D eigenvalue weighted by Crippen LogP contribution is -2.33. The van der Waals surface area contributed by atoms with Crippen molar-refractivity contribution >= 4 is 28.7 Å². The molecule has 0 heterocycles. The highest BCUT2D eigenvalue weighted by atomic mass is 19.1. The predicted molar refractivity (Wildman–Crippen MR) is 151 cm³/mol. The van der Waals surface area contributed by atoms with Gasteiger partial charge in [0.1, 0.15) is 29.0 Å². The van der Waals surface area contributed by atoms with E-state index in [1.165, 1.54) is 19.1 Å². The minimum atomic E-state index is -0.821. The zero-order chi connectivity index (χ0) is 28.9. The van der Waals surface area contributed by atoms with E-state index < -0.39 is 30.1 Å². The molecule has 0 saturated carbocycles. The molecule has 0 fully saturated rings. The molecule has 0 bridgehead atoms. The van der Waals surface area contributed by atoms with Crippen molar-refractivity contribution in [3.05, 3.63) is 52.6 Å². The summed E-state index contributed by atoms with van der Waals surface area (Å²) < 4.78 is 27.2. The fourth-order valence-electron chi connectivity index (χ4n) is 5.51. The van der Waals surface area contributed by atoms with Gasteiger partial charge in [0, 0.05) is 54.2 Å². The molecule has 9 nitrogen and oxygen atoms in total. The Kier molecular flexibility index (Phi) is 11.7. The summed E-state index contributed by atoms with van der Waals surface area (Å²) in [6, 6.07) is 4.80. The van der Waals surface area contributed by atoms with Crippen molar-refractivity contribution in [3.63, 3.8) is 0 Å². The van der Waals surface area contributed by atoms with E-state index in [4.69, 9.17) is 0 Å². The Morgan fingerprint density at radius 1 is 1.12 bits per heavy atom. The van der Waals surface area contributed by atoms with Crippen molar-refractivity contribution in [2.24, 2.45) is 17.8 Å². The van der Waals surface area contributed by atoms with Gasteiger partial charge in [-0.05, 0) is 67.3 Å². The van der Waals surface area contributed by atoms with Crippen molar-refractivity contribution in [1.82, 2.24) is 0 Å². The maximum absolute atomic E-state index is 13.6. The van der Waals surface area contributed by atoms with E-state index in [0.717, 1.165) is 6.07 Å². The number of aliphatic hydroxyl groups excluding tert-OH is 2. The average Bonchev–Trinajstić information content (AvgIpc) is 2.82.